The average molecular weight is 1080 g/mol. The van der Waals surface area contributed by atoms with Crippen molar-refractivity contribution >= 4 is 17.9 Å². The number of allylic oxidation sites excluding steroid dienone is 6. The summed E-state index contributed by atoms with van der Waals surface area (Å²) in [5, 5.41) is 0. The molecular formula is C71H132O6. The molecule has 0 aliphatic carbocycles. The number of unbranched alkanes of at least 4 members (excludes halogenated alkanes) is 47. The Kier molecular flexibility index (Phi) is 64.1. The molecule has 6 nitrogen and oxygen atoms in total. The predicted molar refractivity (Wildman–Crippen MR) is 335 cm³/mol. The molecule has 0 aromatic rings. The number of carbonyl (C=O) groups is 3. The van der Waals surface area contributed by atoms with Crippen molar-refractivity contribution in [3.05, 3.63) is 36.5 Å². The van der Waals surface area contributed by atoms with Gasteiger partial charge in [0, 0.05) is 19.3 Å². The fourth-order valence-corrected chi connectivity index (χ4v) is 10.5. The van der Waals surface area contributed by atoms with Gasteiger partial charge in [-0.3, -0.25) is 14.4 Å². The van der Waals surface area contributed by atoms with E-state index in [2.05, 4.69) is 57.2 Å². The third-order valence-corrected chi connectivity index (χ3v) is 15.6. The molecule has 0 bridgehead atoms. The lowest BCUT2D eigenvalue weighted by Gasteiger charge is -2.18. The summed E-state index contributed by atoms with van der Waals surface area (Å²) in [6, 6.07) is 0. The second kappa shape index (κ2) is 66.1. The van der Waals surface area contributed by atoms with Crippen molar-refractivity contribution in [3.63, 3.8) is 0 Å². The third kappa shape index (κ3) is 64.3. The molecule has 0 aliphatic heterocycles. The highest BCUT2D eigenvalue weighted by molar-refractivity contribution is 5.71. The van der Waals surface area contributed by atoms with Crippen LogP contribution < -0.4 is 0 Å². The van der Waals surface area contributed by atoms with Crippen LogP contribution in [0.25, 0.3) is 0 Å². The van der Waals surface area contributed by atoms with Crippen LogP contribution in [0.5, 0.6) is 0 Å². The van der Waals surface area contributed by atoms with Gasteiger partial charge < -0.3 is 14.2 Å². The number of esters is 3. The summed E-state index contributed by atoms with van der Waals surface area (Å²) in [6.45, 7) is 6.69. The standard InChI is InChI=1S/C71H132O6/c1-4-7-10-13-16-19-22-25-27-29-31-32-33-34-35-36-37-38-39-40-41-43-44-46-49-52-55-58-61-64-70(73)76-67-68(66-75-69(72)63-60-57-54-51-48-24-21-18-15-12-9-6-3)77-71(74)65-62-59-56-53-50-47-45-42-30-28-26-23-20-17-14-11-8-5-2/h22,25,29,31,33-34,68H,4-21,23-24,26-28,30,32,35-67H2,1-3H3/b25-22-,31-29-,34-33-. The molecule has 0 aromatic carbocycles. The molecule has 77 heavy (non-hydrogen) atoms. The average Bonchev–Trinajstić information content (AvgIpc) is 3.43. The van der Waals surface area contributed by atoms with Crippen LogP contribution in [-0.2, 0) is 28.6 Å². The highest BCUT2D eigenvalue weighted by Gasteiger charge is 2.19. The highest BCUT2D eigenvalue weighted by atomic mass is 16.6. The molecule has 0 saturated heterocycles. The molecule has 1 unspecified atom stereocenters. The van der Waals surface area contributed by atoms with Gasteiger partial charge in [-0.05, 0) is 57.8 Å². The molecule has 0 aliphatic rings. The minimum absolute atomic E-state index is 0.0654. The van der Waals surface area contributed by atoms with Gasteiger partial charge in [-0.15, -0.1) is 0 Å². The normalized spacial score (nSPS) is 12.2. The summed E-state index contributed by atoms with van der Waals surface area (Å²) in [7, 11) is 0. The van der Waals surface area contributed by atoms with Crippen LogP contribution in [0.4, 0.5) is 0 Å². The van der Waals surface area contributed by atoms with E-state index in [9.17, 15) is 14.4 Å². The van der Waals surface area contributed by atoms with Crippen LogP contribution in [0.15, 0.2) is 36.5 Å². The Morgan fingerprint density at radius 1 is 0.260 bits per heavy atom. The zero-order chi connectivity index (χ0) is 55.7. The lowest BCUT2D eigenvalue weighted by Crippen LogP contribution is -2.30. The molecule has 0 N–H and O–H groups in total. The summed E-state index contributed by atoms with van der Waals surface area (Å²) in [5.74, 6) is -0.838. The molecule has 0 fully saturated rings. The van der Waals surface area contributed by atoms with E-state index in [1.807, 2.05) is 0 Å². The Morgan fingerprint density at radius 3 is 0.727 bits per heavy atom. The van der Waals surface area contributed by atoms with E-state index in [0.717, 1.165) is 70.6 Å². The number of hydrogen-bond donors (Lipinski definition) is 0. The molecule has 0 radical (unpaired) electrons. The zero-order valence-corrected chi connectivity index (χ0v) is 52.0. The van der Waals surface area contributed by atoms with E-state index >= 15 is 0 Å². The first-order valence-corrected chi connectivity index (χ1v) is 34.5. The van der Waals surface area contributed by atoms with Gasteiger partial charge in [0.25, 0.3) is 0 Å². The van der Waals surface area contributed by atoms with E-state index < -0.39 is 6.10 Å². The number of hydrogen-bond acceptors (Lipinski definition) is 6. The molecule has 452 valence electrons. The Morgan fingerprint density at radius 2 is 0.468 bits per heavy atom. The van der Waals surface area contributed by atoms with Crippen LogP contribution in [0.1, 0.15) is 380 Å². The summed E-state index contributed by atoms with van der Waals surface area (Å²) in [6.07, 6.45) is 81.7. The van der Waals surface area contributed by atoms with Crippen molar-refractivity contribution in [1.82, 2.24) is 0 Å². The van der Waals surface area contributed by atoms with Gasteiger partial charge >= 0.3 is 17.9 Å². The maximum atomic E-state index is 12.9. The van der Waals surface area contributed by atoms with E-state index in [4.69, 9.17) is 14.2 Å². The third-order valence-electron chi connectivity index (χ3n) is 15.6. The Hall–Kier alpha value is -2.37. The monoisotopic (exact) mass is 1080 g/mol. The van der Waals surface area contributed by atoms with Gasteiger partial charge in [0.2, 0.25) is 0 Å². The van der Waals surface area contributed by atoms with Crippen molar-refractivity contribution in [2.24, 2.45) is 0 Å². The second-order valence-electron chi connectivity index (χ2n) is 23.5. The molecule has 0 amide bonds. The van der Waals surface area contributed by atoms with Gasteiger partial charge in [0.15, 0.2) is 6.10 Å². The molecule has 0 spiro atoms. The quantitative estimate of drug-likeness (QED) is 0.0261. The second-order valence-corrected chi connectivity index (χ2v) is 23.5. The lowest BCUT2D eigenvalue weighted by molar-refractivity contribution is -0.167. The largest absolute Gasteiger partial charge is 0.462 e. The van der Waals surface area contributed by atoms with Gasteiger partial charge in [0.1, 0.15) is 13.2 Å². The summed E-state index contributed by atoms with van der Waals surface area (Å²) < 4.78 is 17.0. The summed E-state index contributed by atoms with van der Waals surface area (Å²) in [4.78, 5) is 38.3. The smallest absolute Gasteiger partial charge is 0.306 e. The highest BCUT2D eigenvalue weighted by Crippen LogP contribution is 2.18. The molecule has 0 rings (SSSR count). The van der Waals surface area contributed by atoms with Crippen molar-refractivity contribution in [2.75, 3.05) is 13.2 Å². The fourth-order valence-electron chi connectivity index (χ4n) is 10.5. The van der Waals surface area contributed by atoms with Crippen LogP contribution in [0, 0.1) is 0 Å². The predicted octanol–water partition coefficient (Wildman–Crippen LogP) is 23.6. The number of ether oxygens (including phenoxy) is 3. The summed E-state index contributed by atoms with van der Waals surface area (Å²) >= 11 is 0. The molecular weight excluding hydrogens is 949 g/mol. The lowest BCUT2D eigenvalue weighted by atomic mass is 10.0. The fraction of sp³-hybridized carbons (Fsp3) is 0.873. The molecule has 0 aromatic heterocycles. The first-order chi connectivity index (χ1) is 38.0. The van der Waals surface area contributed by atoms with Gasteiger partial charge in [0.05, 0.1) is 0 Å². The maximum Gasteiger partial charge on any atom is 0.306 e. The Labute approximate surface area is 480 Å². The minimum Gasteiger partial charge on any atom is -0.462 e. The summed E-state index contributed by atoms with van der Waals surface area (Å²) in [5.41, 5.74) is 0. The van der Waals surface area contributed by atoms with Crippen LogP contribution in [0.2, 0.25) is 0 Å². The van der Waals surface area contributed by atoms with Crippen molar-refractivity contribution in [1.29, 1.82) is 0 Å². The van der Waals surface area contributed by atoms with Crippen molar-refractivity contribution < 1.29 is 28.6 Å². The van der Waals surface area contributed by atoms with Crippen LogP contribution in [-0.4, -0.2) is 37.2 Å². The zero-order valence-electron chi connectivity index (χ0n) is 52.0. The first-order valence-electron chi connectivity index (χ1n) is 34.5. The van der Waals surface area contributed by atoms with Crippen molar-refractivity contribution in [2.45, 2.75) is 386 Å². The van der Waals surface area contributed by atoms with E-state index in [0.29, 0.717) is 19.3 Å². The first kappa shape index (κ1) is 74.6. The Balaban J connectivity index is 4.17. The molecule has 0 saturated carbocycles. The molecule has 6 heteroatoms. The van der Waals surface area contributed by atoms with Gasteiger partial charge in [-0.2, -0.15) is 0 Å². The van der Waals surface area contributed by atoms with E-state index in [1.165, 1.54) is 270 Å². The van der Waals surface area contributed by atoms with Crippen LogP contribution in [0.3, 0.4) is 0 Å². The van der Waals surface area contributed by atoms with E-state index in [1.54, 1.807) is 0 Å². The van der Waals surface area contributed by atoms with Crippen LogP contribution >= 0.6 is 0 Å². The molecule has 0 heterocycles. The maximum absolute atomic E-state index is 12.9. The topological polar surface area (TPSA) is 78.9 Å². The SMILES string of the molecule is CCCCCCC/C=C\C/C=C\C/C=C\CCCCCCCCCCCCCCCCC(=O)OCC(COC(=O)CCCCCCCCCCCCCC)OC(=O)CCCCCCCCCCCCCCCCCCCC. The Bertz CT molecular complexity index is 1290. The minimum atomic E-state index is -0.768. The number of carbonyl (C=O) groups excluding carboxylic acids is 3. The van der Waals surface area contributed by atoms with Gasteiger partial charge in [-0.25, -0.2) is 0 Å². The molecule has 1 atom stereocenters. The van der Waals surface area contributed by atoms with E-state index in [-0.39, 0.29) is 31.1 Å². The number of rotatable bonds is 64. The van der Waals surface area contributed by atoms with Gasteiger partial charge in [-0.1, -0.05) is 340 Å². The van der Waals surface area contributed by atoms with Crippen molar-refractivity contribution in [3.8, 4) is 0 Å².